The maximum absolute atomic E-state index is 6.02. The summed E-state index contributed by atoms with van der Waals surface area (Å²) in [6, 6.07) is 5.98. The highest BCUT2D eigenvalue weighted by atomic mass is 79.9. The quantitative estimate of drug-likeness (QED) is 0.453. The Balaban J connectivity index is 2.24. The maximum Gasteiger partial charge on any atom is 0.0510 e. The minimum Gasteiger partial charge on any atom is -0.398 e. The highest BCUT2D eigenvalue weighted by Gasteiger charge is 2.26. The summed E-state index contributed by atoms with van der Waals surface area (Å²) in [7, 11) is 0. The predicted octanol–water partition coefficient (Wildman–Crippen LogP) is 1.96. The maximum atomic E-state index is 6.02. The fourth-order valence-corrected chi connectivity index (χ4v) is 2.72. The molecule has 0 bridgehead atoms. The number of nitrogens with one attached hydrogen (secondary N) is 1. The first-order valence-electron chi connectivity index (χ1n) is 5.81. The molecule has 0 aliphatic carbocycles. The van der Waals surface area contributed by atoms with E-state index in [9.17, 15) is 0 Å². The zero-order chi connectivity index (χ0) is 12.3. The lowest BCUT2D eigenvalue weighted by atomic mass is 9.87. The molecule has 1 atom stereocenters. The number of rotatable bonds is 3. The molecule has 1 unspecified atom stereocenters. The van der Waals surface area contributed by atoms with Crippen molar-refractivity contribution in [3.63, 3.8) is 0 Å². The highest BCUT2D eigenvalue weighted by molar-refractivity contribution is 9.10. The fourth-order valence-electron chi connectivity index (χ4n) is 2.34. The molecule has 1 aliphatic heterocycles. The molecule has 0 saturated carbocycles. The van der Waals surface area contributed by atoms with E-state index in [0.29, 0.717) is 5.92 Å². The summed E-state index contributed by atoms with van der Waals surface area (Å²) in [6.45, 7) is 1.60. The number of nitrogen functional groups attached to an aromatic ring is 1. The van der Waals surface area contributed by atoms with Gasteiger partial charge in [0.15, 0.2) is 0 Å². The van der Waals surface area contributed by atoms with Gasteiger partial charge < -0.3 is 10.5 Å². The summed E-state index contributed by atoms with van der Waals surface area (Å²) in [5, 5.41) is 0. The van der Waals surface area contributed by atoms with Crippen LogP contribution in [0, 0.1) is 5.92 Å². The van der Waals surface area contributed by atoms with E-state index >= 15 is 0 Å². The van der Waals surface area contributed by atoms with Crippen LogP contribution in [0.5, 0.6) is 0 Å². The number of nitrogens with two attached hydrogens (primary N) is 2. The topological polar surface area (TPSA) is 73.3 Å². The zero-order valence-electron chi connectivity index (χ0n) is 9.66. The highest BCUT2D eigenvalue weighted by Crippen LogP contribution is 2.33. The van der Waals surface area contributed by atoms with Gasteiger partial charge in [-0.1, -0.05) is 15.9 Å². The molecular formula is C12H18BrN3O. The summed E-state index contributed by atoms with van der Waals surface area (Å²) < 4.78 is 6.40. The fraction of sp³-hybridized carbons (Fsp3) is 0.500. The molecule has 0 radical (unpaired) electrons. The van der Waals surface area contributed by atoms with E-state index in [1.165, 1.54) is 0 Å². The standard InChI is InChI=1S/C12H18BrN3O/c13-9-1-2-11(14)10(7-9)12(16-15)8-3-5-17-6-4-8/h1-2,7-8,12,16H,3-6,14-15H2. The van der Waals surface area contributed by atoms with Crippen LogP contribution in [0.3, 0.4) is 0 Å². The molecule has 1 aromatic rings. The minimum absolute atomic E-state index is 0.0939. The van der Waals surface area contributed by atoms with E-state index < -0.39 is 0 Å². The van der Waals surface area contributed by atoms with Gasteiger partial charge in [-0.05, 0) is 42.5 Å². The molecule has 2 rings (SSSR count). The SMILES string of the molecule is NNC(c1cc(Br)ccc1N)C1CCOCC1. The number of benzene rings is 1. The molecule has 1 fully saturated rings. The largest absolute Gasteiger partial charge is 0.398 e. The van der Waals surface area contributed by atoms with Gasteiger partial charge in [-0.2, -0.15) is 0 Å². The summed E-state index contributed by atoms with van der Waals surface area (Å²) in [5.41, 5.74) is 10.8. The predicted molar refractivity (Wildman–Crippen MR) is 72.2 cm³/mol. The molecule has 1 aromatic carbocycles. The molecule has 1 heterocycles. The monoisotopic (exact) mass is 299 g/mol. The van der Waals surface area contributed by atoms with Gasteiger partial charge in [0.1, 0.15) is 0 Å². The van der Waals surface area contributed by atoms with E-state index in [2.05, 4.69) is 21.4 Å². The van der Waals surface area contributed by atoms with Crippen LogP contribution >= 0.6 is 15.9 Å². The van der Waals surface area contributed by atoms with Crippen LogP contribution in [0.4, 0.5) is 5.69 Å². The smallest absolute Gasteiger partial charge is 0.0510 e. The van der Waals surface area contributed by atoms with Crippen molar-refractivity contribution in [2.75, 3.05) is 18.9 Å². The minimum atomic E-state index is 0.0939. The van der Waals surface area contributed by atoms with E-state index in [1.54, 1.807) is 0 Å². The van der Waals surface area contributed by atoms with Crippen LogP contribution in [-0.4, -0.2) is 13.2 Å². The Labute approximate surface area is 110 Å². The van der Waals surface area contributed by atoms with Gasteiger partial charge in [0.25, 0.3) is 0 Å². The molecule has 17 heavy (non-hydrogen) atoms. The Hall–Kier alpha value is -0.620. The van der Waals surface area contributed by atoms with Gasteiger partial charge in [-0.25, -0.2) is 0 Å². The number of hydrogen-bond acceptors (Lipinski definition) is 4. The molecule has 4 nitrogen and oxygen atoms in total. The number of anilines is 1. The van der Waals surface area contributed by atoms with E-state index in [1.807, 2.05) is 18.2 Å². The molecular weight excluding hydrogens is 282 g/mol. The number of hydrogen-bond donors (Lipinski definition) is 3. The van der Waals surface area contributed by atoms with Crippen LogP contribution < -0.4 is 17.0 Å². The first-order valence-corrected chi connectivity index (χ1v) is 6.60. The zero-order valence-corrected chi connectivity index (χ0v) is 11.2. The van der Waals surface area contributed by atoms with Crippen molar-refractivity contribution in [3.05, 3.63) is 28.2 Å². The molecule has 0 amide bonds. The Morgan fingerprint density at radius 1 is 1.35 bits per heavy atom. The van der Waals surface area contributed by atoms with Gasteiger partial charge in [-0.15, -0.1) is 0 Å². The molecule has 0 spiro atoms. The van der Waals surface area contributed by atoms with Crippen molar-refractivity contribution in [3.8, 4) is 0 Å². The summed E-state index contributed by atoms with van der Waals surface area (Å²) in [4.78, 5) is 0. The van der Waals surface area contributed by atoms with E-state index in [-0.39, 0.29) is 6.04 Å². The Morgan fingerprint density at radius 3 is 2.71 bits per heavy atom. The summed E-state index contributed by atoms with van der Waals surface area (Å²) in [6.07, 6.45) is 2.03. The van der Waals surface area contributed by atoms with Crippen LogP contribution in [0.25, 0.3) is 0 Å². The summed E-state index contributed by atoms with van der Waals surface area (Å²) >= 11 is 3.47. The second-order valence-corrected chi connectivity index (χ2v) is 5.28. The molecule has 5 N–H and O–H groups in total. The number of hydrazine groups is 1. The molecule has 1 saturated heterocycles. The van der Waals surface area contributed by atoms with Gasteiger partial charge >= 0.3 is 0 Å². The third-order valence-corrected chi connectivity index (χ3v) is 3.79. The van der Waals surface area contributed by atoms with E-state index in [4.69, 9.17) is 16.3 Å². The van der Waals surface area contributed by atoms with Crippen molar-refractivity contribution in [2.24, 2.45) is 11.8 Å². The average molecular weight is 300 g/mol. The van der Waals surface area contributed by atoms with Crippen LogP contribution in [0.2, 0.25) is 0 Å². The van der Waals surface area contributed by atoms with Crippen molar-refractivity contribution in [2.45, 2.75) is 18.9 Å². The molecule has 1 aliphatic rings. The molecule has 0 aromatic heterocycles. The second kappa shape index (κ2) is 5.82. The van der Waals surface area contributed by atoms with Crippen LogP contribution in [-0.2, 0) is 4.74 Å². The lowest BCUT2D eigenvalue weighted by molar-refractivity contribution is 0.0537. The first kappa shape index (κ1) is 12.8. The number of halogens is 1. The van der Waals surface area contributed by atoms with E-state index in [0.717, 1.165) is 41.8 Å². The van der Waals surface area contributed by atoms with Crippen LogP contribution in [0.15, 0.2) is 22.7 Å². The average Bonchev–Trinajstić information content (AvgIpc) is 2.36. The normalized spacial score (nSPS) is 19.2. The van der Waals surface area contributed by atoms with Gasteiger partial charge in [0, 0.05) is 23.4 Å². The Morgan fingerprint density at radius 2 is 2.06 bits per heavy atom. The van der Waals surface area contributed by atoms with Gasteiger partial charge in [0.2, 0.25) is 0 Å². The van der Waals surface area contributed by atoms with Gasteiger partial charge in [0.05, 0.1) is 6.04 Å². The van der Waals surface area contributed by atoms with Gasteiger partial charge in [-0.3, -0.25) is 11.3 Å². The third-order valence-electron chi connectivity index (χ3n) is 3.30. The summed E-state index contributed by atoms with van der Waals surface area (Å²) in [5.74, 6) is 6.17. The molecule has 94 valence electrons. The lowest BCUT2D eigenvalue weighted by Gasteiger charge is -2.30. The van der Waals surface area contributed by atoms with Crippen molar-refractivity contribution >= 4 is 21.6 Å². The second-order valence-electron chi connectivity index (χ2n) is 4.37. The Kier molecular flexibility index (Phi) is 4.39. The van der Waals surface area contributed by atoms with Crippen molar-refractivity contribution in [1.29, 1.82) is 0 Å². The third kappa shape index (κ3) is 2.98. The lowest BCUT2D eigenvalue weighted by Crippen LogP contribution is -2.36. The first-order chi connectivity index (χ1) is 8.22. The van der Waals surface area contributed by atoms with Crippen molar-refractivity contribution < 1.29 is 4.74 Å². The van der Waals surface area contributed by atoms with Crippen LogP contribution in [0.1, 0.15) is 24.4 Å². The number of ether oxygens (including phenoxy) is 1. The molecule has 5 heteroatoms. The van der Waals surface area contributed by atoms with Crippen molar-refractivity contribution in [1.82, 2.24) is 5.43 Å². The Bertz CT molecular complexity index is 380.